The molecule has 1 aromatic rings. The molecule has 130 valence electrons. The summed E-state index contributed by atoms with van der Waals surface area (Å²) in [6, 6.07) is 8.32. The lowest BCUT2D eigenvalue weighted by Crippen LogP contribution is -2.53. The number of hydrogen-bond acceptors (Lipinski definition) is 4. The standard InChI is InChI=1S/C19H27N3OS/c1-14-5-7-16(8-6-14)19(3,4)17(23)21-9-11-22(12-10-21)18-20-13-15(2)24-18/h5-8,15H,9-13H2,1-4H3/t15-/m0/s1. The number of nitrogens with zero attached hydrogens (tertiary/aromatic N) is 3. The fourth-order valence-corrected chi connectivity index (χ4v) is 4.22. The lowest BCUT2D eigenvalue weighted by Gasteiger charge is -2.39. The van der Waals surface area contributed by atoms with Gasteiger partial charge in [0, 0.05) is 31.4 Å². The Bertz CT molecular complexity index is 631. The molecule has 1 saturated heterocycles. The van der Waals surface area contributed by atoms with Crippen LogP contribution in [0.25, 0.3) is 0 Å². The van der Waals surface area contributed by atoms with Gasteiger partial charge < -0.3 is 9.80 Å². The normalized spacial score (nSPS) is 21.8. The highest BCUT2D eigenvalue weighted by Gasteiger charge is 2.35. The molecule has 0 unspecified atom stereocenters. The molecule has 1 atom stereocenters. The second kappa shape index (κ2) is 6.79. The van der Waals surface area contributed by atoms with Crippen LogP contribution in [0.3, 0.4) is 0 Å². The van der Waals surface area contributed by atoms with Gasteiger partial charge >= 0.3 is 0 Å². The van der Waals surface area contributed by atoms with Crippen molar-refractivity contribution < 1.29 is 4.79 Å². The van der Waals surface area contributed by atoms with E-state index >= 15 is 0 Å². The van der Waals surface area contributed by atoms with Gasteiger partial charge in [0.05, 0.1) is 12.0 Å². The Morgan fingerprint density at radius 2 is 1.79 bits per heavy atom. The fraction of sp³-hybridized carbons (Fsp3) is 0.579. The molecular weight excluding hydrogens is 318 g/mol. The summed E-state index contributed by atoms with van der Waals surface area (Å²) in [4.78, 5) is 22.0. The number of piperazine rings is 1. The Morgan fingerprint density at radius 1 is 1.17 bits per heavy atom. The van der Waals surface area contributed by atoms with Crippen LogP contribution in [0.15, 0.2) is 29.3 Å². The summed E-state index contributed by atoms with van der Waals surface area (Å²) in [7, 11) is 0. The van der Waals surface area contributed by atoms with Crippen molar-refractivity contribution in [2.45, 2.75) is 38.4 Å². The molecule has 24 heavy (non-hydrogen) atoms. The average Bonchev–Trinajstić information content (AvgIpc) is 3.01. The summed E-state index contributed by atoms with van der Waals surface area (Å²) in [6.07, 6.45) is 0. The highest BCUT2D eigenvalue weighted by molar-refractivity contribution is 8.14. The Kier molecular flexibility index (Phi) is 4.90. The average molecular weight is 346 g/mol. The number of thioether (sulfide) groups is 1. The van der Waals surface area contributed by atoms with Crippen molar-refractivity contribution in [1.82, 2.24) is 9.80 Å². The number of aryl methyl sites for hydroxylation is 1. The van der Waals surface area contributed by atoms with Gasteiger partial charge in [0.15, 0.2) is 5.17 Å². The quantitative estimate of drug-likeness (QED) is 0.827. The summed E-state index contributed by atoms with van der Waals surface area (Å²) < 4.78 is 0. The van der Waals surface area contributed by atoms with E-state index in [9.17, 15) is 4.79 Å². The highest BCUT2D eigenvalue weighted by atomic mass is 32.2. The second-order valence-corrected chi connectivity index (χ2v) is 8.73. The molecule has 2 aliphatic heterocycles. The van der Waals surface area contributed by atoms with Crippen LogP contribution in [0.1, 0.15) is 31.9 Å². The third-order valence-corrected chi connectivity index (χ3v) is 6.09. The first kappa shape index (κ1) is 17.3. The number of carbonyl (C=O) groups is 1. The maximum absolute atomic E-state index is 13.1. The van der Waals surface area contributed by atoms with Crippen LogP contribution in [0.2, 0.25) is 0 Å². The Balaban J connectivity index is 1.63. The maximum atomic E-state index is 13.1. The maximum Gasteiger partial charge on any atom is 0.232 e. The molecule has 0 radical (unpaired) electrons. The lowest BCUT2D eigenvalue weighted by molar-refractivity contribution is -0.137. The summed E-state index contributed by atoms with van der Waals surface area (Å²) in [5.74, 6) is 0.223. The molecule has 2 heterocycles. The fourth-order valence-electron chi connectivity index (χ4n) is 3.23. The van der Waals surface area contributed by atoms with Gasteiger partial charge in [-0.15, -0.1) is 0 Å². The largest absolute Gasteiger partial charge is 0.348 e. The number of carbonyl (C=O) groups excluding carboxylic acids is 1. The molecule has 0 saturated carbocycles. The van der Waals surface area contributed by atoms with Crippen LogP contribution in [-0.2, 0) is 10.2 Å². The van der Waals surface area contributed by atoms with Crippen LogP contribution < -0.4 is 0 Å². The molecule has 1 aromatic carbocycles. The number of rotatable bonds is 2. The molecule has 0 aromatic heterocycles. The van der Waals surface area contributed by atoms with Crippen molar-refractivity contribution in [2.24, 2.45) is 4.99 Å². The van der Waals surface area contributed by atoms with E-state index in [-0.39, 0.29) is 5.91 Å². The predicted octanol–water partition coefficient (Wildman–Crippen LogP) is 2.91. The van der Waals surface area contributed by atoms with E-state index in [1.54, 1.807) is 0 Å². The zero-order valence-corrected chi connectivity index (χ0v) is 15.9. The summed E-state index contributed by atoms with van der Waals surface area (Å²) in [5.41, 5.74) is 1.83. The van der Waals surface area contributed by atoms with Gasteiger partial charge in [0.2, 0.25) is 5.91 Å². The van der Waals surface area contributed by atoms with Crippen LogP contribution in [0.5, 0.6) is 0 Å². The van der Waals surface area contributed by atoms with Gasteiger partial charge in [-0.3, -0.25) is 9.79 Å². The zero-order chi connectivity index (χ0) is 17.3. The second-order valence-electron chi connectivity index (χ2n) is 7.32. The third-order valence-electron chi connectivity index (χ3n) is 4.94. The van der Waals surface area contributed by atoms with E-state index in [1.807, 2.05) is 30.5 Å². The molecule has 4 nitrogen and oxygen atoms in total. The van der Waals surface area contributed by atoms with Crippen molar-refractivity contribution in [2.75, 3.05) is 32.7 Å². The number of amidine groups is 1. The molecule has 1 amide bonds. The third kappa shape index (κ3) is 3.46. The number of hydrogen-bond donors (Lipinski definition) is 0. The van der Waals surface area contributed by atoms with Crippen LogP contribution in [0, 0.1) is 6.92 Å². The molecular formula is C19H27N3OS. The van der Waals surface area contributed by atoms with Crippen molar-refractivity contribution in [3.05, 3.63) is 35.4 Å². The summed E-state index contributed by atoms with van der Waals surface area (Å²) in [6.45, 7) is 12.6. The van der Waals surface area contributed by atoms with Gasteiger partial charge in [-0.2, -0.15) is 0 Å². The smallest absolute Gasteiger partial charge is 0.232 e. The predicted molar refractivity (Wildman–Crippen MR) is 102 cm³/mol. The van der Waals surface area contributed by atoms with E-state index in [1.165, 1.54) is 5.56 Å². The minimum atomic E-state index is -0.482. The first-order valence-electron chi connectivity index (χ1n) is 8.70. The van der Waals surface area contributed by atoms with Crippen LogP contribution >= 0.6 is 11.8 Å². The van der Waals surface area contributed by atoms with E-state index in [4.69, 9.17) is 0 Å². The van der Waals surface area contributed by atoms with Gasteiger partial charge in [-0.1, -0.05) is 48.5 Å². The number of aliphatic imine (C=N–C) groups is 1. The van der Waals surface area contributed by atoms with E-state index in [2.05, 4.69) is 48.0 Å². The Hall–Kier alpha value is -1.49. The molecule has 1 fully saturated rings. The lowest BCUT2D eigenvalue weighted by atomic mass is 9.82. The van der Waals surface area contributed by atoms with Crippen molar-refractivity contribution in [1.29, 1.82) is 0 Å². The first-order chi connectivity index (χ1) is 11.4. The van der Waals surface area contributed by atoms with Gasteiger partial charge in [-0.25, -0.2) is 0 Å². The highest BCUT2D eigenvalue weighted by Crippen LogP contribution is 2.28. The molecule has 0 spiro atoms. The summed E-state index contributed by atoms with van der Waals surface area (Å²) in [5, 5.41) is 1.74. The van der Waals surface area contributed by atoms with Crippen molar-refractivity contribution in [3.8, 4) is 0 Å². The van der Waals surface area contributed by atoms with Crippen molar-refractivity contribution >= 4 is 22.8 Å². The SMILES string of the molecule is Cc1ccc(C(C)(C)C(=O)N2CCN(C3=NC[C@H](C)S3)CC2)cc1. The zero-order valence-electron chi connectivity index (χ0n) is 15.1. The Labute approximate surface area is 149 Å². The van der Waals surface area contributed by atoms with Gasteiger partial charge in [0.1, 0.15) is 0 Å². The minimum absolute atomic E-state index is 0.223. The molecule has 0 bridgehead atoms. The molecule has 3 rings (SSSR count). The first-order valence-corrected chi connectivity index (χ1v) is 9.58. The van der Waals surface area contributed by atoms with Crippen LogP contribution in [-0.4, -0.2) is 58.8 Å². The number of amides is 1. The molecule has 0 aliphatic carbocycles. The monoisotopic (exact) mass is 345 g/mol. The molecule has 0 N–H and O–H groups in total. The van der Waals surface area contributed by atoms with Gasteiger partial charge in [0.25, 0.3) is 0 Å². The Morgan fingerprint density at radius 3 is 2.33 bits per heavy atom. The topological polar surface area (TPSA) is 35.9 Å². The molecule has 2 aliphatic rings. The minimum Gasteiger partial charge on any atom is -0.348 e. The van der Waals surface area contributed by atoms with Crippen LogP contribution in [0.4, 0.5) is 0 Å². The van der Waals surface area contributed by atoms with E-state index < -0.39 is 5.41 Å². The van der Waals surface area contributed by atoms with Crippen molar-refractivity contribution in [3.63, 3.8) is 0 Å². The van der Waals surface area contributed by atoms with E-state index in [0.29, 0.717) is 5.25 Å². The number of benzene rings is 1. The van der Waals surface area contributed by atoms with E-state index in [0.717, 1.165) is 43.5 Å². The van der Waals surface area contributed by atoms with Gasteiger partial charge in [-0.05, 0) is 26.3 Å². The molecule has 5 heteroatoms. The summed E-state index contributed by atoms with van der Waals surface area (Å²) >= 11 is 1.86.